The monoisotopic (exact) mass is 263 g/mol. The number of hydrogen-bond acceptors (Lipinski definition) is 4. The molecule has 0 saturated carbocycles. The minimum atomic E-state index is 0.0761. The van der Waals surface area contributed by atoms with E-state index >= 15 is 0 Å². The van der Waals surface area contributed by atoms with Crippen LogP contribution < -0.4 is 11.1 Å². The Morgan fingerprint density at radius 2 is 2.17 bits per heavy atom. The van der Waals surface area contributed by atoms with Crippen LogP contribution in [0.1, 0.15) is 26.7 Å². The quantitative estimate of drug-likeness (QED) is 0.889. The van der Waals surface area contributed by atoms with Crippen LogP contribution >= 0.6 is 11.3 Å². The van der Waals surface area contributed by atoms with Crippen LogP contribution in [-0.2, 0) is 4.79 Å². The molecule has 1 amide bonds. The Kier molecular flexibility index (Phi) is 3.81. The van der Waals surface area contributed by atoms with Crippen molar-refractivity contribution in [3.63, 3.8) is 0 Å². The summed E-state index contributed by atoms with van der Waals surface area (Å²) in [6.07, 6.45) is 1.72. The molecule has 1 heterocycles. The van der Waals surface area contributed by atoms with Crippen molar-refractivity contribution in [2.75, 3.05) is 11.1 Å². The highest BCUT2D eigenvalue weighted by atomic mass is 32.1. The van der Waals surface area contributed by atoms with Crippen LogP contribution in [-0.4, -0.2) is 10.9 Å². The number of nitrogens with zero attached hydrogens (tertiary/aromatic N) is 1. The molecule has 96 valence electrons. The van der Waals surface area contributed by atoms with Gasteiger partial charge in [0.2, 0.25) is 5.91 Å². The molecule has 0 radical (unpaired) electrons. The number of carbonyl (C=O) groups excluding carboxylic acids is 1. The number of carbonyl (C=O) groups is 1. The third-order valence-electron chi connectivity index (χ3n) is 3.03. The predicted molar refractivity (Wildman–Crippen MR) is 76.7 cm³/mol. The number of nitrogens with two attached hydrogens (primary N) is 1. The van der Waals surface area contributed by atoms with Crippen molar-refractivity contribution in [2.45, 2.75) is 26.7 Å². The van der Waals surface area contributed by atoms with Crippen molar-refractivity contribution in [3.8, 4) is 0 Å². The molecule has 0 saturated heterocycles. The molecule has 0 aliphatic rings. The normalized spacial score (nSPS) is 11.1. The van der Waals surface area contributed by atoms with Crippen molar-refractivity contribution in [1.29, 1.82) is 0 Å². The van der Waals surface area contributed by atoms with E-state index in [4.69, 9.17) is 5.73 Å². The lowest BCUT2D eigenvalue weighted by Crippen LogP contribution is -2.21. The van der Waals surface area contributed by atoms with Gasteiger partial charge in [-0.2, -0.15) is 0 Å². The van der Waals surface area contributed by atoms with Crippen LogP contribution in [0.3, 0.4) is 0 Å². The molecule has 0 aliphatic heterocycles. The molecule has 4 nitrogen and oxygen atoms in total. The first kappa shape index (κ1) is 12.8. The molecule has 1 aromatic carbocycles. The first-order chi connectivity index (χ1) is 8.63. The van der Waals surface area contributed by atoms with Gasteiger partial charge < -0.3 is 11.1 Å². The van der Waals surface area contributed by atoms with Gasteiger partial charge >= 0.3 is 0 Å². The van der Waals surface area contributed by atoms with Gasteiger partial charge in [-0.3, -0.25) is 4.79 Å². The summed E-state index contributed by atoms with van der Waals surface area (Å²) in [4.78, 5) is 16.2. The van der Waals surface area contributed by atoms with Gasteiger partial charge in [-0.15, -0.1) is 0 Å². The molecule has 0 atom stereocenters. The summed E-state index contributed by atoms with van der Waals surface area (Å²) in [5.41, 5.74) is 7.33. The summed E-state index contributed by atoms with van der Waals surface area (Å²) >= 11 is 1.43. The van der Waals surface area contributed by atoms with Crippen molar-refractivity contribution >= 4 is 38.3 Å². The Morgan fingerprint density at radius 3 is 2.83 bits per heavy atom. The van der Waals surface area contributed by atoms with Gasteiger partial charge in [-0.05, 0) is 31.0 Å². The topological polar surface area (TPSA) is 68.0 Å². The van der Waals surface area contributed by atoms with E-state index in [0.717, 1.165) is 28.7 Å². The van der Waals surface area contributed by atoms with Gasteiger partial charge in [0.1, 0.15) is 0 Å². The predicted octanol–water partition coefficient (Wildman–Crippen LogP) is 3.25. The van der Waals surface area contributed by atoms with Crippen LogP contribution in [0, 0.1) is 5.92 Å². The number of nitrogen functional groups attached to an aromatic ring is 1. The summed E-state index contributed by atoms with van der Waals surface area (Å²) in [5, 5.41) is 3.49. The van der Waals surface area contributed by atoms with Crippen LogP contribution in [0.2, 0.25) is 0 Å². The van der Waals surface area contributed by atoms with Crippen LogP contribution in [0.15, 0.2) is 18.2 Å². The molecular weight excluding hydrogens is 246 g/mol. The molecule has 0 bridgehead atoms. The zero-order valence-corrected chi connectivity index (χ0v) is 11.4. The third-order valence-corrected chi connectivity index (χ3v) is 3.88. The van der Waals surface area contributed by atoms with Crippen molar-refractivity contribution in [3.05, 3.63) is 18.2 Å². The fourth-order valence-corrected chi connectivity index (χ4v) is 2.70. The highest BCUT2D eigenvalue weighted by Gasteiger charge is 2.14. The lowest BCUT2D eigenvalue weighted by atomic mass is 10.0. The molecule has 2 rings (SSSR count). The van der Waals surface area contributed by atoms with Crippen LogP contribution in [0.5, 0.6) is 0 Å². The van der Waals surface area contributed by atoms with E-state index in [2.05, 4.69) is 10.3 Å². The number of aromatic nitrogens is 1. The second-order valence-electron chi connectivity index (χ2n) is 4.24. The lowest BCUT2D eigenvalue weighted by Gasteiger charge is -2.12. The maximum absolute atomic E-state index is 12.0. The van der Waals surface area contributed by atoms with E-state index in [9.17, 15) is 4.79 Å². The van der Waals surface area contributed by atoms with E-state index < -0.39 is 0 Å². The number of thiazole rings is 1. The van der Waals surface area contributed by atoms with Gasteiger partial charge in [0.25, 0.3) is 0 Å². The zero-order valence-electron chi connectivity index (χ0n) is 10.6. The highest BCUT2D eigenvalue weighted by Crippen LogP contribution is 2.26. The molecule has 0 spiro atoms. The maximum atomic E-state index is 12.0. The van der Waals surface area contributed by atoms with Crippen LogP contribution in [0.25, 0.3) is 10.2 Å². The minimum Gasteiger partial charge on any atom is -0.375 e. The molecule has 2 aromatic rings. The van der Waals surface area contributed by atoms with Gasteiger partial charge in [-0.25, -0.2) is 4.98 Å². The highest BCUT2D eigenvalue weighted by molar-refractivity contribution is 7.22. The van der Waals surface area contributed by atoms with Crippen molar-refractivity contribution < 1.29 is 4.79 Å². The SMILES string of the molecule is CCC(CC)C(=O)Nc1ccc2nc(N)sc2c1. The Morgan fingerprint density at radius 1 is 1.44 bits per heavy atom. The molecule has 0 aliphatic carbocycles. The average molecular weight is 263 g/mol. The maximum Gasteiger partial charge on any atom is 0.227 e. The number of rotatable bonds is 4. The summed E-state index contributed by atoms with van der Waals surface area (Å²) < 4.78 is 0.995. The molecule has 0 unspecified atom stereocenters. The van der Waals surface area contributed by atoms with E-state index in [1.807, 2.05) is 32.0 Å². The minimum absolute atomic E-state index is 0.0761. The molecule has 5 heteroatoms. The standard InChI is InChI=1S/C13H17N3OS/c1-3-8(4-2)12(17)15-9-5-6-10-11(7-9)18-13(14)16-10/h5-8H,3-4H2,1-2H3,(H2,14,16)(H,15,17). The molecule has 0 fully saturated rings. The summed E-state index contributed by atoms with van der Waals surface area (Å²) in [6.45, 7) is 4.06. The van der Waals surface area contributed by atoms with Gasteiger partial charge in [0.05, 0.1) is 10.2 Å². The van der Waals surface area contributed by atoms with E-state index in [-0.39, 0.29) is 11.8 Å². The summed E-state index contributed by atoms with van der Waals surface area (Å²) in [7, 11) is 0. The van der Waals surface area contributed by atoms with Crippen LogP contribution in [0.4, 0.5) is 10.8 Å². The Hall–Kier alpha value is -1.62. The number of hydrogen-bond donors (Lipinski definition) is 2. The van der Waals surface area contributed by atoms with Gasteiger partial charge in [0, 0.05) is 11.6 Å². The third kappa shape index (κ3) is 2.61. The molecule has 18 heavy (non-hydrogen) atoms. The summed E-state index contributed by atoms with van der Waals surface area (Å²) in [5.74, 6) is 0.157. The van der Waals surface area contributed by atoms with Crippen molar-refractivity contribution in [1.82, 2.24) is 4.98 Å². The first-order valence-electron chi connectivity index (χ1n) is 6.11. The summed E-state index contributed by atoms with van der Waals surface area (Å²) in [6, 6.07) is 5.66. The number of anilines is 2. The second-order valence-corrected chi connectivity index (χ2v) is 5.30. The fraction of sp³-hybridized carbons (Fsp3) is 0.385. The molecule has 1 aromatic heterocycles. The first-order valence-corrected chi connectivity index (χ1v) is 6.92. The smallest absolute Gasteiger partial charge is 0.227 e. The van der Waals surface area contributed by atoms with E-state index in [1.54, 1.807) is 0 Å². The average Bonchev–Trinajstić information content (AvgIpc) is 2.70. The van der Waals surface area contributed by atoms with Gasteiger partial charge in [0.15, 0.2) is 5.13 Å². The molecular formula is C13H17N3OS. The Balaban J connectivity index is 2.18. The van der Waals surface area contributed by atoms with Crippen molar-refractivity contribution in [2.24, 2.45) is 5.92 Å². The second kappa shape index (κ2) is 5.35. The zero-order chi connectivity index (χ0) is 13.1. The number of amides is 1. The number of nitrogens with one attached hydrogen (secondary N) is 1. The lowest BCUT2D eigenvalue weighted by molar-refractivity contribution is -0.120. The number of fused-ring (bicyclic) bond motifs is 1. The van der Waals surface area contributed by atoms with E-state index in [1.165, 1.54) is 11.3 Å². The molecule has 3 N–H and O–H groups in total. The Labute approximate surface area is 110 Å². The fourth-order valence-electron chi connectivity index (χ4n) is 1.92. The van der Waals surface area contributed by atoms with E-state index in [0.29, 0.717) is 5.13 Å². The largest absolute Gasteiger partial charge is 0.375 e. The van der Waals surface area contributed by atoms with Gasteiger partial charge in [-0.1, -0.05) is 25.2 Å². The Bertz CT molecular complexity index is 560. The number of benzene rings is 1.